The standard InChI is InChI=1S/C15H20N2O/c18-12-11-16-8-6-14(7-9-16)17-10-5-13-3-1-2-4-15(13)17/h1-5,10,14,18H,6-9,11-12H2. The summed E-state index contributed by atoms with van der Waals surface area (Å²) in [4.78, 5) is 2.35. The minimum Gasteiger partial charge on any atom is -0.395 e. The Kier molecular flexibility index (Phi) is 3.35. The van der Waals surface area contributed by atoms with Gasteiger partial charge in [0.25, 0.3) is 0 Å². The third kappa shape index (κ3) is 2.16. The molecule has 0 saturated carbocycles. The second-order valence-corrected chi connectivity index (χ2v) is 5.08. The topological polar surface area (TPSA) is 28.4 Å². The van der Waals surface area contributed by atoms with E-state index in [0.29, 0.717) is 6.04 Å². The van der Waals surface area contributed by atoms with Crippen molar-refractivity contribution in [1.82, 2.24) is 9.47 Å². The van der Waals surface area contributed by atoms with Crippen molar-refractivity contribution in [2.24, 2.45) is 0 Å². The molecule has 0 spiro atoms. The summed E-state index contributed by atoms with van der Waals surface area (Å²) in [6, 6.07) is 11.4. The number of aromatic nitrogens is 1. The van der Waals surface area contributed by atoms with Crippen LogP contribution in [0.15, 0.2) is 36.5 Å². The van der Waals surface area contributed by atoms with Gasteiger partial charge in [-0.05, 0) is 30.4 Å². The molecule has 18 heavy (non-hydrogen) atoms. The van der Waals surface area contributed by atoms with Crippen LogP contribution in [-0.2, 0) is 0 Å². The fourth-order valence-corrected chi connectivity index (χ4v) is 2.99. The van der Waals surface area contributed by atoms with Crippen LogP contribution in [0, 0.1) is 0 Å². The molecule has 0 unspecified atom stereocenters. The van der Waals surface area contributed by atoms with E-state index in [4.69, 9.17) is 5.11 Å². The van der Waals surface area contributed by atoms with Gasteiger partial charge in [-0.15, -0.1) is 0 Å². The lowest BCUT2D eigenvalue weighted by Gasteiger charge is -2.32. The van der Waals surface area contributed by atoms with E-state index in [1.165, 1.54) is 23.7 Å². The number of fused-ring (bicyclic) bond motifs is 1. The Labute approximate surface area is 108 Å². The van der Waals surface area contributed by atoms with E-state index in [0.717, 1.165) is 19.6 Å². The normalized spacial score (nSPS) is 18.5. The van der Waals surface area contributed by atoms with Crippen LogP contribution in [0.25, 0.3) is 10.9 Å². The molecule has 1 aromatic heterocycles. The molecular weight excluding hydrogens is 224 g/mol. The van der Waals surface area contributed by atoms with Crippen LogP contribution >= 0.6 is 0 Å². The first-order valence-corrected chi connectivity index (χ1v) is 6.77. The molecule has 1 N–H and O–H groups in total. The van der Waals surface area contributed by atoms with Gasteiger partial charge in [0.15, 0.2) is 0 Å². The molecule has 96 valence electrons. The molecule has 2 aromatic rings. The predicted octanol–water partition coefficient (Wildman–Crippen LogP) is 2.27. The Morgan fingerprint density at radius 3 is 2.67 bits per heavy atom. The monoisotopic (exact) mass is 244 g/mol. The summed E-state index contributed by atoms with van der Waals surface area (Å²) in [6.07, 6.45) is 4.58. The highest BCUT2D eigenvalue weighted by atomic mass is 16.3. The Morgan fingerprint density at radius 1 is 1.11 bits per heavy atom. The molecule has 0 bridgehead atoms. The van der Waals surface area contributed by atoms with E-state index < -0.39 is 0 Å². The molecule has 2 heterocycles. The summed E-state index contributed by atoms with van der Waals surface area (Å²) in [7, 11) is 0. The minimum atomic E-state index is 0.275. The minimum absolute atomic E-state index is 0.275. The van der Waals surface area contributed by atoms with Crippen molar-refractivity contribution in [3.63, 3.8) is 0 Å². The molecule has 0 radical (unpaired) electrons. The number of likely N-dealkylation sites (tertiary alicyclic amines) is 1. The Balaban J connectivity index is 1.76. The van der Waals surface area contributed by atoms with Crippen LogP contribution in [0.4, 0.5) is 0 Å². The zero-order valence-corrected chi connectivity index (χ0v) is 10.6. The highest BCUT2D eigenvalue weighted by Crippen LogP contribution is 2.27. The van der Waals surface area contributed by atoms with Gasteiger partial charge < -0.3 is 14.6 Å². The van der Waals surface area contributed by atoms with Crippen molar-refractivity contribution in [2.45, 2.75) is 18.9 Å². The fourth-order valence-electron chi connectivity index (χ4n) is 2.99. The van der Waals surface area contributed by atoms with Crippen LogP contribution in [0.3, 0.4) is 0 Å². The molecule has 1 aliphatic rings. The summed E-state index contributed by atoms with van der Waals surface area (Å²) in [5.41, 5.74) is 1.35. The van der Waals surface area contributed by atoms with Crippen molar-refractivity contribution >= 4 is 10.9 Å². The maximum Gasteiger partial charge on any atom is 0.0558 e. The number of para-hydroxylation sites is 1. The molecule has 3 nitrogen and oxygen atoms in total. The molecule has 0 amide bonds. The van der Waals surface area contributed by atoms with Crippen LogP contribution in [-0.4, -0.2) is 40.8 Å². The number of nitrogens with zero attached hydrogens (tertiary/aromatic N) is 2. The average molecular weight is 244 g/mol. The second-order valence-electron chi connectivity index (χ2n) is 5.08. The van der Waals surface area contributed by atoms with Gasteiger partial charge in [0.05, 0.1) is 6.61 Å². The molecule has 1 aliphatic heterocycles. The van der Waals surface area contributed by atoms with E-state index in [-0.39, 0.29) is 6.61 Å². The molecule has 1 saturated heterocycles. The van der Waals surface area contributed by atoms with Gasteiger partial charge in [0.2, 0.25) is 0 Å². The number of piperidine rings is 1. The van der Waals surface area contributed by atoms with Gasteiger partial charge in [0, 0.05) is 37.4 Å². The lowest BCUT2D eigenvalue weighted by molar-refractivity contribution is 0.151. The van der Waals surface area contributed by atoms with Crippen LogP contribution in [0.2, 0.25) is 0 Å². The van der Waals surface area contributed by atoms with E-state index >= 15 is 0 Å². The lowest BCUT2D eigenvalue weighted by atomic mass is 10.0. The quantitative estimate of drug-likeness (QED) is 0.897. The number of hydrogen-bond acceptors (Lipinski definition) is 2. The first kappa shape index (κ1) is 11.8. The summed E-state index contributed by atoms with van der Waals surface area (Å²) in [6.45, 7) is 3.28. The second kappa shape index (κ2) is 5.12. The van der Waals surface area contributed by atoms with Crippen LogP contribution in [0.1, 0.15) is 18.9 Å². The fraction of sp³-hybridized carbons (Fsp3) is 0.467. The molecule has 0 atom stereocenters. The molecule has 3 heteroatoms. The largest absolute Gasteiger partial charge is 0.395 e. The van der Waals surface area contributed by atoms with Gasteiger partial charge in [-0.2, -0.15) is 0 Å². The van der Waals surface area contributed by atoms with E-state index in [9.17, 15) is 0 Å². The lowest BCUT2D eigenvalue weighted by Crippen LogP contribution is -2.36. The number of aliphatic hydroxyl groups is 1. The Morgan fingerprint density at radius 2 is 1.89 bits per heavy atom. The van der Waals surface area contributed by atoms with Gasteiger partial charge >= 0.3 is 0 Å². The Hall–Kier alpha value is -1.32. The Bertz CT molecular complexity index is 512. The summed E-state index contributed by atoms with van der Waals surface area (Å²) in [5, 5.41) is 10.3. The number of rotatable bonds is 3. The van der Waals surface area contributed by atoms with Gasteiger partial charge in [0.1, 0.15) is 0 Å². The van der Waals surface area contributed by atoms with E-state index in [1.54, 1.807) is 0 Å². The van der Waals surface area contributed by atoms with E-state index in [2.05, 4.69) is 46.0 Å². The smallest absolute Gasteiger partial charge is 0.0558 e. The molecule has 0 aliphatic carbocycles. The van der Waals surface area contributed by atoms with Gasteiger partial charge in [-0.3, -0.25) is 0 Å². The van der Waals surface area contributed by atoms with Crippen molar-refractivity contribution in [3.8, 4) is 0 Å². The van der Waals surface area contributed by atoms with Crippen molar-refractivity contribution < 1.29 is 5.11 Å². The first-order valence-electron chi connectivity index (χ1n) is 6.77. The molecule has 3 rings (SSSR count). The SMILES string of the molecule is OCCN1CCC(n2ccc3ccccc32)CC1. The number of hydrogen-bond donors (Lipinski definition) is 1. The van der Waals surface area contributed by atoms with Gasteiger partial charge in [-0.1, -0.05) is 18.2 Å². The summed E-state index contributed by atoms with van der Waals surface area (Å²) in [5.74, 6) is 0. The zero-order chi connectivity index (χ0) is 12.4. The maximum absolute atomic E-state index is 8.96. The average Bonchev–Trinajstić information content (AvgIpc) is 2.84. The van der Waals surface area contributed by atoms with Crippen LogP contribution in [0.5, 0.6) is 0 Å². The summed E-state index contributed by atoms with van der Waals surface area (Å²) >= 11 is 0. The van der Waals surface area contributed by atoms with Crippen LogP contribution < -0.4 is 0 Å². The summed E-state index contributed by atoms with van der Waals surface area (Å²) < 4.78 is 2.42. The van der Waals surface area contributed by atoms with Crippen molar-refractivity contribution in [3.05, 3.63) is 36.5 Å². The maximum atomic E-state index is 8.96. The third-order valence-electron chi connectivity index (χ3n) is 4.00. The van der Waals surface area contributed by atoms with Crippen molar-refractivity contribution in [2.75, 3.05) is 26.2 Å². The number of benzene rings is 1. The third-order valence-corrected chi connectivity index (χ3v) is 4.00. The predicted molar refractivity (Wildman–Crippen MR) is 73.7 cm³/mol. The van der Waals surface area contributed by atoms with Crippen molar-refractivity contribution in [1.29, 1.82) is 0 Å². The molecular formula is C15H20N2O. The first-order chi connectivity index (χ1) is 8.88. The zero-order valence-electron chi connectivity index (χ0n) is 10.6. The van der Waals surface area contributed by atoms with E-state index in [1.807, 2.05) is 0 Å². The molecule has 1 aromatic carbocycles. The number of β-amino-alcohol motifs (C(OH)–C–C–N with tert-alkyl or cyclic N) is 1. The number of aliphatic hydroxyl groups excluding tert-OH is 1. The van der Waals surface area contributed by atoms with Gasteiger partial charge in [-0.25, -0.2) is 0 Å². The highest BCUT2D eigenvalue weighted by molar-refractivity contribution is 5.80. The highest BCUT2D eigenvalue weighted by Gasteiger charge is 2.20. The molecule has 1 fully saturated rings.